The van der Waals surface area contributed by atoms with Gasteiger partial charge in [-0.25, -0.2) is 9.97 Å². The molecule has 1 heterocycles. The normalized spacial score (nSPS) is 10.7. The van der Waals surface area contributed by atoms with Gasteiger partial charge in [0.25, 0.3) is 5.91 Å². The van der Waals surface area contributed by atoms with Crippen molar-refractivity contribution in [3.8, 4) is 0 Å². The second kappa shape index (κ2) is 6.43. The number of hydrogen-bond acceptors (Lipinski definition) is 4. The van der Waals surface area contributed by atoms with Gasteiger partial charge in [-0.05, 0) is 57.5 Å². The lowest BCUT2D eigenvalue weighted by molar-refractivity contribution is 0.101. The van der Waals surface area contributed by atoms with E-state index in [0.717, 1.165) is 22.5 Å². The molecule has 2 aromatic carbocycles. The van der Waals surface area contributed by atoms with E-state index in [0.29, 0.717) is 22.3 Å². The summed E-state index contributed by atoms with van der Waals surface area (Å²) in [6.45, 7) is 7.19. The van der Waals surface area contributed by atoms with Crippen molar-refractivity contribution < 1.29 is 9.59 Å². The Hall–Kier alpha value is -3.08. The zero-order chi connectivity index (χ0) is 18.1. The molecule has 0 spiro atoms. The second-order valence-corrected chi connectivity index (χ2v) is 6.14. The van der Waals surface area contributed by atoms with Gasteiger partial charge in [-0.1, -0.05) is 12.1 Å². The van der Waals surface area contributed by atoms with Crippen LogP contribution >= 0.6 is 0 Å². The van der Waals surface area contributed by atoms with Gasteiger partial charge in [0.15, 0.2) is 5.78 Å². The van der Waals surface area contributed by atoms with Gasteiger partial charge in [0.2, 0.25) is 0 Å². The van der Waals surface area contributed by atoms with Crippen LogP contribution in [0.25, 0.3) is 11.0 Å². The largest absolute Gasteiger partial charge is 0.322 e. The quantitative estimate of drug-likeness (QED) is 0.735. The van der Waals surface area contributed by atoms with Gasteiger partial charge in [0.05, 0.1) is 22.4 Å². The molecule has 0 aliphatic carbocycles. The van der Waals surface area contributed by atoms with Crippen LogP contribution in [0.3, 0.4) is 0 Å². The minimum atomic E-state index is -0.245. The number of rotatable bonds is 3. The molecule has 5 heteroatoms. The molecule has 1 amide bonds. The van der Waals surface area contributed by atoms with Crippen molar-refractivity contribution in [2.75, 3.05) is 5.32 Å². The fourth-order valence-electron chi connectivity index (χ4n) is 2.54. The van der Waals surface area contributed by atoms with E-state index >= 15 is 0 Å². The summed E-state index contributed by atoms with van der Waals surface area (Å²) in [5.74, 6) is -0.284. The molecule has 0 radical (unpaired) electrons. The molecule has 25 heavy (non-hydrogen) atoms. The average molecular weight is 333 g/mol. The maximum Gasteiger partial charge on any atom is 0.255 e. The first-order chi connectivity index (χ1) is 11.8. The summed E-state index contributed by atoms with van der Waals surface area (Å²) in [5.41, 5.74) is 5.75. The number of nitrogens with one attached hydrogen (secondary N) is 1. The van der Waals surface area contributed by atoms with E-state index in [1.807, 2.05) is 26.8 Å². The zero-order valence-corrected chi connectivity index (χ0v) is 14.7. The number of nitrogens with zero attached hydrogens (tertiary/aromatic N) is 2. The molecule has 5 nitrogen and oxygen atoms in total. The highest BCUT2D eigenvalue weighted by molar-refractivity contribution is 6.07. The van der Waals surface area contributed by atoms with Crippen molar-refractivity contribution in [3.63, 3.8) is 0 Å². The SMILES string of the molecule is CC(=O)c1ccc(C)c(NC(=O)c2ccc3nc(C)c(C)nc3c2)c1. The van der Waals surface area contributed by atoms with Gasteiger partial charge in [-0.2, -0.15) is 0 Å². The molecular weight excluding hydrogens is 314 g/mol. The highest BCUT2D eigenvalue weighted by atomic mass is 16.1. The number of aromatic nitrogens is 2. The third-order valence-corrected chi connectivity index (χ3v) is 4.23. The van der Waals surface area contributed by atoms with Crippen LogP contribution in [-0.2, 0) is 0 Å². The Labute approximate surface area is 146 Å². The van der Waals surface area contributed by atoms with Crippen LogP contribution in [0.1, 0.15) is 44.6 Å². The predicted octanol–water partition coefficient (Wildman–Crippen LogP) is 4.01. The van der Waals surface area contributed by atoms with E-state index in [9.17, 15) is 9.59 Å². The van der Waals surface area contributed by atoms with Crippen molar-refractivity contribution in [3.05, 3.63) is 64.5 Å². The van der Waals surface area contributed by atoms with Crippen molar-refractivity contribution >= 4 is 28.4 Å². The Morgan fingerprint density at radius 1 is 0.840 bits per heavy atom. The number of carbonyl (C=O) groups excluding carboxylic acids is 2. The molecule has 3 aromatic rings. The number of Topliss-reactive ketones (excluding diaryl/α,β-unsaturated/α-hetero) is 1. The van der Waals surface area contributed by atoms with E-state index in [4.69, 9.17) is 0 Å². The first-order valence-electron chi connectivity index (χ1n) is 8.03. The zero-order valence-electron chi connectivity index (χ0n) is 14.7. The molecule has 0 atom stereocenters. The number of hydrogen-bond donors (Lipinski definition) is 1. The summed E-state index contributed by atoms with van der Waals surface area (Å²) in [7, 11) is 0. The molecule has 0 saturated heterocycles. The molecule has 126 valence electrons. The lowest BCUT2D eigenvalue weighted by atomic mass is 10.1. The molecule has 1 N–H and O–H groups in total. The first-order valence-corrected chi connectivity index (χ1v) is 8.03. The standard InChI is InChI=1S/C20H19N3O2/c1-11-5-6-15(14(4)24)9-18(11)23-20(25)16-7-8-17-19(10-16)22-13(3)12(2)21-17/h5-10H,1-4H3,(H,23,25). The van der Waals surface area contributed by atoms with Gasteiger partial charge in [0.1, 0.15) is 0 Å². The van der Waals surface area contributed by atoms with Crippen LogP contribution in [0.2, 0.25) is 0 Å². The van der Waals surface area contributed by atoms with Gasteiger partial charge < -0.3 is 5.32 Å². The number of aryl methyl sites for hydroxylation is 3. The van der Waals surface area contributed by atoms with Crippen LogP contribution in [0.4, 0.5) is 5.69 Å². The summed E-state index contributed by atoms with van der Waals surface area (Å²) in [6, 6.07) is 10.5. The number of fused-ring (bicyclic) bond motifs is 1. The van der Waals surface area contributed by atoms with Gasteiger partial charge in [-0.3, -0.25) is 9.59 Å². The molecule has 3 rings (SSSR count). The maximum absolute atomic E-state index is 12.6. The summed E-state index contributed by atoms with van der Waals surface area (Å²) in [4.78, 5) is 33.1. The van der Waals surface area contributed by atoms with Gasteiger partial charge in [0, 0.05) is 16.8 Å². The Morgan fingerprint density at radius 3 is 2.16 bits per heavy atom. The van der Waals surface area contributed by atoms with Crippen LogP contribution in [0, 0.1) is 20.8 Å². The molecule has 0 bridgehead atoms. The molecule has 0 aliphatic rings. The molecule has 0 saturated carbocycles. The third-order valence-electron chi connectivity index (χ3n) is 4.23. The summed E-state index contributed by atoms with van der Waals surface area (Å²) >= 11 is 0. The van der Waals surface area contributed by atoms with Crippen LogP contribution in [0.5, 0.6) is 0 Å². The fraction of sp³-hybridized carbons (Fsp3) is 0.200. The minimum absolute atomic E-state index is 0.0395. The highest BCUT2D eigenvalue weighted by Gasteiger charge is 2.11. The van der Waals surface area contributed by atoms with E-state index in [-0.39, 0.29) is 11.7 Å². The Kier molecular flexibility index (Phi) is 4.31. The minimum Gasteiger partial charge on any atom is -0.322 e. The molecule has 0 aliphatic heterocycles. The van der Waals surface area contributed by atoms with Crippen molar-refractivity contribution in [2.45, 2.75) is 27.7 Å². The highest BCUT2D eigenvalue weighted by Crippen LogP contribution is 2.20. The molecule has 0 fully saturated rings. The fourth-order valence-corrected chi connectivity index (χ4v) is 2.54. The van der Waals surface area contributed by atoms with Crippen LogP contribution < -0.4 is 5.32 Å². The maximum atomic E-state index is 12.6. The van der Waals surface area contributed by atoms with E-state index in [2.05, 4.69) is 15.3 Å². The van der Waals surface area contributed by atoms with Gasteiger partial charge >= 0.3 is 0 Å². The average Bonchev–Trinajstić information content (AvgIpc) is 2.57. The lowest BCUT2D eigenvalue weighted by Gasteiger charge is -2.10. The monoisotopic (exact) mass is 333 g/mol. The summed E-state index contributed by atoms with van der Waals surface area (Å²) < 4.78 is 0. The summed E-state index contributed by atoms with van der Waals surface area (Å²) in [5, 5.41) is 2.87. The van der Waals surface area contributed by atoms with E-state index in [1.54, 1.807) is 30.3 Å². The van der Waals surface area contributed by atoms with Crippen molar-refractivity contribution in [1.29, 1.82) is 0 Å². The summed E-state index contributed by atoms with van der Waals surface area (Å²) in [6.07, 6.45) is 0. The number of anilines is 1. The van der Waals surface area contributed by atoms with E-state index < -0.39 is 0 Å². The number of amides is 1. The number of carbonyl (C=O) groups is 2. The predicted molar refractivity (Wildman–Crippen MR) is 98.1 cm³/mol. The van der Waals surface area contributed by atoms with Crippen molar-refractivity contribution in [1.82, 2.24) is 9.97 Å². The smallest absolute Gasteiger partial charge is 0.255 e. The van der Waals surface area contributed by atoms with Crippen LogP contribution in [0.15, 0.2) is 36.4 Å². The molecule has 1 aromatic heterocycles. The second-order valence-electron chi connectivity index (χ2n) is 6.14. The topological polar surface area (TPSA) is 72.0 Å². The first kappa shape index (κ1) is 16.8. The van der Waals surface area contributed by atoms with Gasteiger partial charge in [-0.15, -0.1) is 0 Å². The third kappa shape index (κ3) is 3.40. The lowest BCUT2D eigenvalue weighted by Crippen LogP contribution is -2.13. The Bertz CT molecular complexity index is 1010. The molecule has 0 unspecified atom stereocenters. The molecular formula is C20H19N3O2. The Morgan fingerprint density at radius 2 is 1.48 bits per heavy atom. The number of ketones is 1. The Balaban J connectivity index is 1.93. The number of benzene rings is 2. The van der Waals surface area contributed by atoms with E-state index in [1.165, 1.54) is 6.92 Å². The van der Waals surface area contributed by atoms with Crippen LogP contribution in [-0.4, -0.2) is 21.7 Å². The van der Waals surface area contributed by atoms with Crippen molar-refractivity contribution in [2.24, 2.45) is 0 Å².